The number of sulfonamides is 1. The average Bonchev–Trinajstić information content (AvgIpc) is 2.37. The molecule has 0 spiro atoms. The van der Waals surface area contributed by atoms with Crippen molar-refractivity contribution < 1.29 is 13.2 Å². The van der Waals surface area contributed by atoms with E-state index in [1.54, 1.807) is 13.0 Å². The van der Waals surface area contributed by atoms with Crippen LogP contribution in [0.15, 0.2) is 29.2 Å². The van der Waals surface area contributed by atoms with Crippen molar-refractivity contribution in [3.8, 4) is 0 Å². The first-order valence-electron chi connectivity index (χ1n) is 5.53. The van der Waals surface area contributed by atoms with E-state index in [4.69, 9.17) is 18.0 Å². The molecule has 1 aromatic rings. The molecule has 0 aliphatic heterocycles. The van der Waals surface area contributed by atoms with Gasteiger partial charge in [0.1, 0.15) is 4.99 Å². The Hall–Kier alpha value is -1.51. The molecule has 8 heteroatoms. The summed E-state index contributed by atoms with van der Waals surface area (Å²) in [7, 11) is -3.76. The van der Waals surface area contributed by atoms with Gasteiger partial charge in [-0.25, -0.2) is 13.1 Å². The molecule has 0 radical (unpaired) electrons. The van der Waals surface area contributed by atoms with Crippen LogP contribution in [0.25, 0.3) is 0 Å². The van der Waals surface area contributed by atoms with Crippen LogP contribution in [0.4, 0.5) is 0 Å². The molecule has 0 bridgehead atoms. The molecule has 0 aliphatic rings. The first-order chi connectivity index (χ1) is 8.86. The third-order valence-electron chi connectivity index (χ3n) is 2.23. The van der Waals surface area contributed by atoms with Gasteiger partial charge in [-0.3, -0.25) is 4.79 Å². The molecule has 0 aromatic heterocycles. The van der Waals surface area contributed by atoms with Crippen molar-refractivity contribution in [1.82, 2.24) is 10.0 Å². The first-order valence-corrected chi connectivity index (χ1v) is 7.42. The zero-order valence-electron chi connectivity index (χ0n) is 10.3. The smallest absolute Gasteiger partial charge is 0.241 e. The number of amides is 1. The first kappa shape index (κ1) is 15.5. The van der Waals surface area contributed by atoms with Gasteiger partial charge in [0.25, 0.3) is 0 Å². The molecule has 0 heterocycles. The number of carbonyl (C=O) groups excluding carboxylic acids is 1. The fraction of sp³-hybridized carbons (Fsp3) is 0.273. The van der Waals surface area contributed by atoms with E-state index < -0.39 is 15.9 Å². The number of nitrogens with one attached hydrogen (secondary N) is 2. The second-order valence-electron chi connectivity index (χ2n) is 3.67. The lowest BCUT2D eigenvalue weighted by Gasteiger charge is -2.08. The number of nitrogens with two attached hydrogens (primary N) is 1. The van der Waals surface area contributed by atoms with Crippen molar-refractivity contribution in [3.05, 3.63) is 29.8 Å². The van der Waals surface area contributed by atoms with Gasteiger partial charge in [-0.2, -0.15) is 0 Å². The molecular weight excluding hydrogens is 286 g/mol. The number of rotatable bonds is 6. The van der Waals surface area contributed by atoms with E-state index in [9.17, 15) is 13.2 Å². The topological polar surface area (TPSA) is 101 Å². The summed E-state index contributed by atoms with van der Waals surface area (Å²) in [6.07, 6.45) is 0. The van der Waals surface area contributed by atoms with Crippen LogP contribution in [0.3, 0.4) is 0 Å². The van der Waals surface area contributed by atoms with Crippen molar-refractivity contribution >= 4 is 33.1 Å². The quantitative estimate of drug-likeness (QED) is 0.628. The van der Waals surface area contributed by atoms with Gasteiger partial charge in [-0.15, -0.1) is 0 Å². The maximum atomic E-state index is 11.9. The third-order valence-corrected chi connectivity index (χ3v) is 3.86. The fourth-order valence-corrected chi connectivity index (χ4v) is 2.47. The van der Waals surface area contributed by atoms with E-state index >= 15 is 0 Å². The van der Waals surface area contributed by atoms with Crippen LogP contribution in [-0.4, -0.2) is 32.4 Å². The molecule has 0 aliphatic carbocycles. The minimum absolute atomic E-state index is 0.0158. The van der Waals surface area contributed by atoms with Crippen molar-refractivity contribution in [2.75, 3.05) is 13.1 Å². The van der Waals surface area contributed by atoms with Crippen LogP contribution in [0.5, 0.6) is 0 Å². The van der Waals surface area contributed by atoms with E-state index in [0.717, 1.165) is 0 Å². The highest BCUT2D eigenvalue weighted by Gasteiger charge is 2.15. The highest BCUT2D eigenvalue weighted by molar-refractivity contribution is 7.89. The van der Waals surface area contributed by atoms with Gasteiger partial charge in [-0.1, -0.05) is 24.4 Å². The lowest BCUT2D eigenvalue weighted by atomic mass is 10.2. The van der Waals surface area contributed by atoms with Gasteiger partial charge in [0.05, 0.1) is 11.4 Å². The Labute approximate surface area is 117 Å². The molecule has 0 unspecified atom stereocenters. The summed E-state index contributed by atoms with van der Waals surface area (Å²) in [6.45, 7) is 1.88. The van der Waals surface area contributed by atoms with E-state index in [0.29, 0.717) is 12.1 Å². The maximum absolute atomic E-state index is 11.9. The SMILES string of the molecule is CCNC(=O)CNS(=O)(=O)c1cccc(C(N)=S)c1. The molecule has 1 rings (SSSR count). The van der Waals surface area contributed by atoms with Gasteiger partial charge < -0.3 is 11.1 Å². The van der Waals surface area contributed by atoms with Crippen molar-refractivity contribution in [2.45, 2.75) is 11.8 Å². The van der Waals surface area contributed by atoms with Crippen LogP contribution in [-0.2, 0) is 14.8 Å². The molecule has 19 heavy (non-hydrogen) atoms. The Morgan fingerprint density at radius 1 is 1.42 bits per heavy atom. The number of carbonyl (C=O) groups is 1. The van der Waals surface area contributed by atoms with E-state index in [1.807, 2.05) is 0 Å². The van der Waals surface area contributed by atoms with Gasteiger partial charge in [0, 0.05) is 12.1 Å². The van der Waals surface area contributed by atoms with Gasteiger partial charge >= 0.3 is 0 Å². The molecular formula is C11H15N3O3S2. The molecule has 0 saturated heterocycles. The van der Waals surface area contributed by atoms with Crippen molar-refractivity contribution in [1.29, 1.82) is 0 Å². The summed E-state index contributed by atoms with van der Waals surface area (Å²) in [5.41, 5.74) is 5.89. The normalized spacial score (nSPS) is 11.0. The Morgan fingerprint density at radius 2 is 2.11 bits per heavy atom. The molecule has 4 N–H and O–H groups in total. The average molecular weight is 301 g/mol. The minimum atomic E-state index is -3.76. The molecule has 6 nitrogen and oxygen atoms in total. The predicted molar refractivity (Wildman–Crippen MR) is 76.2 cm³/mol. The Morgan fingerprint density at radius 3 is 2.68 bits per heavy atom. The van der Waals surface area contributed by atoms with E-state index in [-0.39, 0.29) is 16.4 Å². The van der Waals surface area contributed by atoms with Crippen LogP contribution >= 0.6 is 12.2 Å². The number of thiocarbonyl (C=S) groups is 1. The van der Waals surface area contributed by atoms with Gasteiger partial charge in [0.15, 0.2) is 0 Å². The van der Waals surface area contributed by atoms with Crippen molar-refractivity contribution in [3.63, 3.8) is 0 Å². The number of likely N-dealkylation sites (N-methyl/N-ethyl adjacent to an activating group) is 1. The van der Waals surface area contributed by atoms with Crippen LogP contribution in [0.2, 0.25) is 0 Å². The Kier molecular flexibility index (Phi) is 5.40. The molecule has 1 aromatic carbocycles. The third kappa shape index (κ3) is 4.58. The minimum Gasteiger partial charge on any atom is -0.389 e. The van der Waals surface area contributed by atoms with E-state index in [2.05, 4.69) is 10.0 Å². The summed E-state index contributed by atoms with van der Waals surface area (Å²) in [6, 6.07) is 5.92. The number of hydrogen-bond donors (Lipinski definition) is 3. The molecule has 0 saturated carbocycles. The highest BCUT2D eigenvalue weighted by Crippen LogP contribution is 2.11. The number of benzene rings is 1. The van der Waals surface area contributed by atoms with Gasteiger partial charge in [-0.05, 0) is 19.1 Å². The molecule has 0 atom stereocenters. The molecule has 1 amide bonds. The summed E-state index contributed by atoms with van der Waals surface area (Å²) >= 11 is 4.78. The van der Waals surface area contributed by atoms with Crippen LogP contribution in [0.1, 0.15) is 12.5 Å². The second kappa shape index (κ2) is 6.60. The molecule has 0 fully saturated rings. The molecule has 104 valence electrons. The monoisotopic (exact) mass is 301 g/mol. The second-order valence-corrected chi connectivity index (χ2v) is 5.88. The van der Waals surface area contributed by atoms with Crippen LogP contribution in [0, 0.1) is 0 Å². The lowest BCUT2D eigenvalue weighted by Crippen LogP contribution is -2.36. The maximum Gasteiger partial charge on any atom is 0.241 e. The summed E-state index contributed by atoms with van der Waals surface area (Å²) in [5.74, 6) is -0.392. The summed E-state index contributed by atoms with van der Waals surface area (Å²) < 4.78 is 26.1. The van der Waals surface area contributed by atoms with Crippen LogP contribution < -0.4 is 15.8 Å². The predicted octanol–water partition coefficient (Wildman–Crippen LogP) is -0.265. The zero-order chi connectivity index (χ0) is 14.5. The highest BCUT2D eigenvalue weighted by atomic mass is 32.2. The largest absolute Gasteiger partial charge is 0.389 e. The van der Waals surface area contributed by atoms with Crippen molar-refractivity contribution in [2.24, 2.45) is 5.73 Å². The lowest BCUT2D eigenvalue weighted by molar-refractivity contribution is -0.119. The number of hydrogen-bond acceptors (Lipinski definition) is 4. The Bertz CT molecular complexity index is 585. The summed E-state index contributed by atoms with van der Waals surface area (Å²) in [5, 5.41) is 2.49. The fourth-order valence-electron chi connectivity index (χ4n) is 1.32. The summed E-state index contributed by atoms with van der Waals surface area (Å²) in [4.78, 5) is 11.3. The Balaban J connectivity index is 2.85. The standard InChI is InChI=1S/C11H15N3O3S2/c1-2-13-10(15)7-14-19(16,17)9-5-3-4-8(6-9)11(12)18/h3-6,14H,2,7H2,1H3,(H2,12,18)(H,13,15). The van der Waals surface area contributed by atoms with E-state index in [1.165, 1.54) is 18.2 Å². The van der Waals surface area contributed by atoms with Gasteiger partial charge in [0.2, 0.25) is 15.9 Å². The zero-order valence-corrected chi connectivity index (χ0v) is 12.0.